The summed E-state index contributed by atoms with van der Waals surface area (Å²) in [6.45, 7) is 11.6. The van der Waals surface area contributed by atoms with Crippen LogP contribution in [0, 0.1) is 0 Å². The van der Waals surface area contributed by atoms with Crippen LogP contribution in [0.25, 0.3) is 72.3 Å². The predicted molar refractivity (Wildman–Crippen MR) is 198 cm³/mol. The van der Waals surface area contributed by atoms with Gasteiger partial charge in [0.05, 0.1) is 22.3 Å². The third kappa shape index (κ3) is 3.51. The molecule has 0 saturated heterocycles. The van der Waals surface area contributed by atoms with Crippen LogP contribution in [-0.4, -0.2) is 9.55 Å². The highest BCUT2D eigenvalue weighted by molar-refractivity contribution is 6.12. The number of rotatable bonds is 3. The fraction of sp³-hybridized carbons (Fsp3) is 0.178. The normalized spacial score (nSPS) is 15.8. The average Bonchev–Trinajstić information content (AvgIpc) is 3.75. The summed E-state index contributed by atoms with van der Waals surface area (Å²) in [6, 6.07) is 42.1. The van der Waals surface area contributed by atoms with Crippen LogP contribution >= 0.6 is 0 Å². The lowest BCUT2D eigenvalue weighted by Gasteiger charge is -2.30. The van der Waals surface area contributed by atoms with Gasteiger partial charge in [-0.05, 0) is 80.8 Å². The van der Waals surface area contributed by atoms with Gasteiger partial charge in [-0.25, -0.2) is 4.98 Å². The van der Waals surface area contributed by atoms with Gasteiger partial charge in [-0.1, -0.05) is 120 Å². The number of fused-ring (bicyclic) bond motifs is 9. The standard InChI is InChI=1S/C45H36N2O/c1-25(2)35-23-28(27-13-7-6-8-14-27)24-36-26(3)29-16-12-20-38-41(29)47(40(35)36)44(46-38)34-18-11-17-32-33-22-21-31-30-15-9-10-19-37(30)45(4,5)39(31)43(33)48-42(32)34/h6-26H,1-5H3. The zero-order chi connectivity index (χ0) is 32.5. The van der Waals surface area contributed by atoms with Crippen LogP contribution in [0.5, 0.6) is 0 Å². The summed E-state index contributed by atoms with van der Waals surface area (Å²) >= 11 is 0. The molecule has 6 aromatic carbocycles. The minimum atomic E-state index is -0.167. The molecule has 232 valence electrons. The Balaban J connectivity index is 1.28. The first-order valence-corrected chi connectivity index (χ1v) is 17.2. The molecule has 3 heteroatoms. The number of imidazole rings is 1. The molecule has 48 heavy (non-hydrogen) atoms. The van der Waals surface area contributed by atoms with E-state index in [0.29, 0.717) is 5.92 Å². The maximum absolute atomic E-state index is 7.10. The van der Waals surface area contributed by atoms with Gasteiger partial charge in [0, 0.05) is 27.7 Å². The molecule has 2 aliphatic rings. The topological polar surface area (TPSA) is 31.0 Å². The van der Waals surface area contributed by atoms with Gasteiger partial charge in [-0.3, -0.25) is 4.57 Å². The van der Waals surface area contributed by atoms with Crippen molar-refractivity contribution in [3.63, 3.8) is 0 Å². The molecule has 1 aliphatic heterocycles. The molecule has 1 atom stereocenters. The molecule has 0 amide bonds. The lowest BCUT2D eigenvalue weighted by Crippen LogP contribution is -2.16. The molecule has 3 nitrogen and oxygen atoms in total. The van der Waals surface area contributed by atoms with Crippen molar-refractivity contribution in [1.82, 2.24) is 9.55 Å². The van der Waals surface area contributed by atoms with E-state index in [1.807, 2.05) is 0 Å². The van der Waals surface area contributed by atoms with Crippen molar-refractivity contribution in [2.75, 3.05) is 0 Å². The van der Waals surface area contributed by atoms with Crippen molar-refractivity contribution < 1.29 is 4.42 Å². The van der Waals surface area contributed by atoms with Crippen LogP contribution < -0.4 is 0 Å². The molecule has 0 saturated carbocycles. The van der Waals surface area contributed by atoms with Gasteiger partial charge in [0.15, 0.2) is 0 Å². The molecule has 8 aromatic rings. The van der Waals surface area contributed by atoms with E-state index in [0.717, 1.165) is 38.8 Å². The Labute approximate surface area is 280 Å². The van der Waals surface area contributed by atoms with Gasteiger partial charge in [0.1, 0.15) is 17.0 Å². The van der Waals surface area contributed by atoms with Gasteiger partial charge in [-0.2, -0.15) is 0 Å². The minimum Gasteiger partial charge on any atom is -0.455 e. The second-order valence-corrected chi connectivity index (χ2v) is 14.6. The molecule has 1 unspecified atom stereocenters. The Bertz CT molecular complexity index is 2630. The molecule has 10 rings (SSSR count). The van der Waals surface area contributed by atoms with E-state index < -0.39 is 0 Å². The molecule has 1 aliphatic carbocycles. The van der Waals surface area contributed by atoms with Crippen molar-refractivity contribution in [1.29, 1.82) is 0 Å². The molecule has 0 spiro atoms. The largest absolute Gasteiger partial charge is 0.455 e. The monoisotopic (exact) mass is 620 g/mol. The smallest absolute Gasteiger partial charge is 0.149 e. The Morgan fingerprint density at radius 3 is 2.27 bits per heavy atom. The summed E-state index contributed by atoms with van der Waals surface area (Å²) < 4.78 is 9.56. The highest BCUT2D eigenvalue weighted by atomic mass is 16.3. The summed E-state index contributed by atoms with van der Waals surface area (Å²) in [5.41, 5.74) is 17.9. The molecular weight excluding hydrogens is 585 g/mol. The third-order valence-corrected chi connectivity index (χ3v) is 11.2. The number of furan rings is 1. The van der Waals surface area contributed by atoms with Gasteiger partial charge < -0.3 is 4.42 Å². The Morgan fingerprint density at radius 1 is 0.688 bits per heavy atom. The zero-order valence-electron chi connectivity index (χ0n) is 27.9. The van der Waals surface area contributed by atoms with Gasteiger partial charge in [0.2, 0.25) is 0 Å². The van der Waals surface area contributed by atoms with Crippen molar-refractivity contribution in [3.8, 4) is 39.3 Å². The van der Waals surface area contributed by atoms with Crippen LogP contribution in [0.1, 0.15) is 74.3 Å². The van der Waals surface area contributed by atoms with Gasteiger partial charge >= 0.3 is 0 Å². The van der Waals surface area contributed by atoms with E-state index in [2.05, 4.69) is 154 Å². The fourth-order valence-corrected chi connectivity index (χ4v) is 8.85. The second-order valence-electron chi connectivity index (χ2n) is 14.6. The molecule has 2 aromatic heterocycles. The van der Waals surface area contributed by atoms with Crippen molar-refractivity contribution >= 4 is 33.0 Å². The van der Waals surface area contributed by atoms with Crippen molar-refractivity contribution in [2.24, 2.45) is 0 Å². The van der Waals surface area contributed by atoms with Crippen molar-refractivity contribution in [2.45, 2.75) is 51.9 Å². The lowest BCUT2D eigenvalue weighted by atomic mass is 9.82. The fourth-order valence-electron chi connectivity index (χ4n) is 8.85. The lowest BCUT2D eigenvalue weighted by molar-refractivity contribution is 0.620. The van der Waals surface area contributed by atoms with Gasteiger partial charge in [0.25, 0.3) is 0 Å². The summed E-state index contributed by atoms with van der Waals surface area (Å²) in [7, 11) is 0. The summed E-state index contributed by atoms with van der Waals surface area (Å²) in [5.74, 6) is 1.48. The summed E-state index contributed by atoms with van der Waals surface area (Å²) in [6.07, 6.45) is 0. The van der Waals surface area contributed by atoms with Crippen LogP contribution in [0.4, 0.5) is 0 Å². The van der Waals surface area contributed by atoms with Gasteiger partial charge in [-0.15, -0.1) is 0 Å². The maximum Gasteiger partial charge on any atom is 0.149 e. The summed E-state index contributed by atoms with van der Waals surface area (Å²) in [4.78, 5) is 5.43. The number of para-hydroxylation sites is 2. The number of nitrogens with zero attached hydrogens (tertiary/aromatic N) is 2. The maximum atomic E-state index is 7.10. The van der Waals surface area contributed by atoms with Crippen molar-refractivity contribution in [3.05, 3.63) is 143 Å². The first kappa shape index (κ1) is 27.7. The highest BCUT2D eigenvalue weighted by Crippen LogP contribution is 2.53. The second kappa shape index (κ2) is 9.58. The van der Waals surface area contributed by atoms with Crippen LogP contribution in [-0.2, 0) is 5.41 Å². The van der Waals surface area contributed by atoms with E-state index in [9.17, 15) is 0 Å². The molecule has 0 radical (unpaired) electrons. The quantitative estimate of drug-likeness (QED) is 0.197. The third-order valence-electron chi connectivity index (χ3n) is 11.2. The summed E-state index contributed by atoms with van der Waals surface area (Å²) in [5, 5.41) is 2.29. The Hall–Kier alpha value is -5.41. The zero-order valence-corrected chi connectivity index (χ0v) is 27.9. The van der Waals surface area contributed by atoms with Crippen LogP contribution in [0.3, 0.4) is 0 Å². The first-order valence-electron chi connectivity index (χ1n) is 17.2. The number of benzene rings is 6. The Kier molecular flexibility index (Phi) is 5.52. The Morgan fingerprint density at radius 2 is 1.44 bits per heavy atom. The van der Waals surface area contributed by atoms with Crippen LogP contribution in [0.2, 0.25) is 0 Å². The number of hydrogen-bond donors (Lipinski definition) is 0. The van der Waals surface area contributed by atoms with E-state index in [1.54, 1.807) is 0 Å². The highest BCUT2D eigenvalue weighted by Gasteiger charge is 2.39. The van der Waals surface area contributed by atoms with E-state index in [1.165, 1.54) is 61.3 Å². The van der Waals surface area contributed by atoms with Crippen LogP contribution in [0.15, 0.2) is 120 Å². The molecule has 0 N–H and O–H groups in total. The van der Waals surface area contributed by atoms with E-state index in [4.69, 9.17) is 9.40 Å². The minimum absolute atomic E-state index is 0.167. The predicted octanol–water partition coefficient (Wildman–Crippen LogP) is 12.2. The van der Waals surface area contributed by atoms with E-state index in [-0.39, 0.29) is 11.3 Å². The molecule has 0 bridgehead atoms. The van der Waals surface area contributed by atoms with E-state index >= 15 is 0 Å². The first-order chi connectivity index (χ1) is 23.3. The molecular formula is C45H36N2O. The molecule has 3 heterocycles. The molecule has 0 fully saturated rings. The number of aromatic nitrogens is 2. The SMILES string of the molecule is CC(C)c1cc(-c2ccccc2)cc2c1-n1c(-c3cccc4c3oc3c5c(ccc34)-c3ccccc3C5(C)C)nc3cccc(c31)C2C. The average molecular weight is 621 g/mol. The number of hydrogen-bond acceptors (Lipinski definition) is 2.